The summed E-state index contributed by atoms with van der Waals surface area (Å²) < 4.78 is 24.5. The van der Waals surface area contributed by atoms with Crippen LogP contribution in [0.15, 0.2) is 96.0 Å². The molecule has 0 saturated heterocycles. The van der Waals surface area contributed by atoms with Crippen LogP contribution in [0.25, 0.3) is 0 Å². The van der Waals surface area contributed by atoms with Gasteiger partial charge in [0, 0.05) is 71.7 Å². The van der Waals surface area contributed by atoms with Crippen LogP contribution in [0.3, 0.4) is 0 Å². The first kappa shape index (κ1) is 47.4. The van der Waals surface area contributed by atoms with Gasteiger partial charge in [-0.05, 0) is 104 Å². The molecule has 0 spiro atoms. The molecule has 4 aliphatic rings. The molecule has 69 heavy (non-hydrogen) atoms. The maximum atomic E-state index is 14.1. The summed E-state index contributed by atoms with van der Waals surface area (Å²) in [5.41, 5.74) is 13.5. The van der Waals surface area contributed by atoms with Crippen LogP contribution in [0.4, 0.5) is 28.4 Å². The van der Waals surface area contributed by atoms with E-state index in [4.69, 9.17) is 29.7 Å². The molecule has 0 fully saturated rings. The standard InChI is InChI=1S/C53H56N6O8S2/c1-53(2,69-68-18-10-15-49(54)60)17-9-16-50(61)57-36-20-32(30-66-47-26-41-39(24-45(47)64-3)51(62)58-37(28-55-41)22-34-11-5-7-13-43(34)58)19-33(21-36)31-67-48-27-42-40(25-46(48)65-4)52(63)59-38(29-56-42)23-35-12-6-8-14-44(35)59/h5-8,11-14,19-21,24-28,37-38,56H,9-10,15-18,22-23,29-31H2,1-4H3,(H2,54,60)(H,57,61)/t37-,38-/m0/s1. The van der Waals surface area contributed by atoms with E-state index in [1.165, 1.54) is 7.11 Å². The van der Waals surface area contributed by atoms with Crippen molar-refractivity contribution in [2.75, 3.05) is 47.0 Å². The Labute approximate surface area is 410 Å². The molecule has 14 nitrogen and oxygen atoms in total. The van der Waals surface area contributed by atoms with Crippen LogP contribution in [-0.4, -0.2) is 73.2 Å². The maximum Gasteiger partial charge on any atom is 0.261 e. The predicted molar refractivity (Wildman–Crippen MR) is 274 cm³/mol. The van der Waals surface area contributed by atoms with Gasteiger partial charge in [-0.15, -0.1) is 0 Å². The van der Waals surface area contributed by atoms with Crippen LogP contribution in [0.1, 0.15) is 88.9 Å². The van der Waals surface area contributed by atoms with Crippen LogP contribution in [-0.2, 0) is 35.6 Å². The number of para-hydroxylation sites is 2. The fourth-order valence-electron chi connectivity index (χ4n) is 9.37. The largest absolute Gasteiger partial charge is 0.493 e. The van der Waals surface area contributed by atoms with Crippen molar-refractivity contribution in [2.45, 2.75) is 88.8 Å². The topological polar surface area (TPSA) is 174 Å². The zero-order chi connectivity index (χ0) is 48.2. The van der Waals surface area contributed by atoms with Gasteiger partial charge in [0.05, 0.1) is 48.8 Å². The molecule has 4 N–H and O–H groups in total. The summed E-state index contributed by atoms with van der Waals surface area (Å²) in [6.45, 7) is 5.08. The number of nitrogens with zero attached hydrogens (tertiary/aromatic N) is 3. The fraction of sp³-hybridized carbons (Fsp3) is 0.340. The summed E-state index contributed by atoms with van der Waals surface area (Å²) in [6.07, 6.45) is 6.20. The summed E-state index contributed by atoms with van der Waals surface area (Å²) in [6, 6.07) is 28.4. The highest BCUT2D eigenvalue weighted by Gasteiger charge is 2.39. The van der Waals surface area contributed by atoms with Crippen LogP contribution >= 0.6 is 21.6 Å². The van der Waals surface area contributed by atoms with E-state index in [0.29, 0.717) is 83.4 Å². The summed E-state index contributed by atoms with van der Waals surface area (Å²) in [5, 5.41) is 6.61. The highest BCUT2D eigenvalue weighted by Crippen LogP contribution is 2.44. The van der Waals surface area contributed by atoms with Gasteiger partial charge in [0.15, 0.2) is 23.0 Å². The first-order valence-corrected chi connectivity index (χ1v) is 25.5. The number of carbonyl (C=O) groups excluding carboxylic acids is 4. The van der Waals surface area contributed by atoms with Gasteiger partial charge < -0.3 is 40.2 Å². The van der Waals surface area contributed by atoms with Gasteiger partial charge in [0.2, 0.25) is 11.8 Å². The molecule has 5 aromatic carbocycles. The normalized spacial score (nSPS) is 16.5. The molecule has 2 atom stereocenters. The lowest BCUT2D eigenvalue weighted by Gasteiger charge is -2.23. The van der Waals surface area contributed by atoms with Crippen molar-refractivity contribution in [1.29, 1.82) is 0 Å². The quantitative estimate of drug-likeness (QED) is 0.0531. The Morgan fingerprint density at radius 2 is 1.42 bits per heavy atom. The molecule has 4 aliphatic heterocycles. The predicted octanol–water partition coefficient (Wildman–Crippen LogP) is 9.68. The molecule has 0 saturated carbocycles. The van der Waals surface area contributed by atoms with E-state index >= 15 is 0 Å². The Morgan fingerprint density at radius 1 is 0.783 bits per heavy atom. The Kier molecular flexibility index (Phi) is 14.1. The number of hydrogen-bond acceptors (Lipinski definition) is 12. The van der Waals surface area contributed by atoms with Crippen molar-refractivity contribution in [3.63, 3.8) is 0 Å². The molecule has 0 aliphatic carbocycles. The second-order valence-corrected chi connectivity index (χ2v) is 21.3. The van der Waals surface area contributed by atoms with Crippen molar-refractivity contribution >= 4 is 79.9 Å². The minimum atomic E-state index is -0.288. The van der Waals surface area contributed by atoms with Crippen molar-refractivity contribution in [2.24, 2.45) is 10.7 Å². The smallest absolute Gasteiger partial charge is 0.261 e. The molecular weight excluding hydrogens is 913 g/mol. The van der Waals surface area contributed by atoms with Crippen LogP contribution in [0.5, 0.6) is 23.0 Å². The molecule has 0 bridgehead atoms. The van der Waals surface area contributed by atoms with E-state index < -0.39 is 0 Å². The number of amides is 4. The van der Waals surface area contributed by atoms with E-state index in [0.717, 1.165) is 58.6 Å². The number of methoxy groups -OCH3 is 2. The van der Waals surface area contributed by atoms with E-state index in [9.17, 15) is 19.2 Å². The number of benzene rings is 5. The molecule has 5 aromatic rings. The molecular formula is C53H56N6O8S2. The third-order valence-electron chi connectivity index (χ3n) is 12.7. The first-order valence-electron chi connectivity index (χ1n) is 23.2. The molecule has 358 valence electrons. The lowest BCUT2D eigenvalue weighted by Crippen LogP contribution is -2.39. The van der Waals surface area contributed by atoms with Crippen molar-refractivity contribution < 1.29 is 38.1 Å². The molecule has 9 rings (SSSR count). The van der Waals surface area contributed by atoms with Crippen LogP contribution in [0, 0.1) is 0 Å². The van der Waals surface area contributed by atoms with Crippen LogP contribution in [0.2, 0.25) is 0 Å². The lowest BCUT2D eigenvalue weighted by atomic mass is 10.1. The highest BCUT2D eigenvalue weighted by atomic mass is 33.1. The molecule has 4 heterocycles. The second-order valence-electron chi connectivity index (χ2n) is 18.2. The number of nitrogens with two attached hydrogens (primary N) is 1. The zero-order valence-corrected chi connectivity index (χ0v) is 40.8. The zero-order valence-electron chi connectivity index (χ0n) is 39.2. The monoisotopic (exact) mass is 968 g/mol. The van der Waals surface area contributed by atoms with E-state index in [1.807, 2.05) is 77.8 Å². The summed E-state index contributed by atoms with van der Waals surface area (Å²) >= 11 is 0. The van der Waals surface area contributed by atoms with Crippen molar-refractivity contribution in [3.8, 4) is 23.0 Å². The Bertz CT molecular complexity index is 2840. The minimum Gasteiger partial charge on any atom is -0.493 e. The lowest BCUT2D eigenvalue weighted by molar-refractivity contribution is -0.118. The molecule has 4 amide bonds. The SMILES string of the molecule is COc1cc2c(cc1OCc1cc(COc3cc4c(cc3OC)C(=O)N3c5ccccc5C[C@H]3CN4)cc(NC(=O)CCCC(C)(C)SSCCCC(N)=O)c1)N=C[C@@H]1Cc3ccccc3N1C2=O. The Balaban J connectivity index is 0.929. The Morgan fingerprint density at radius 3 is 2.12 bits per heavy atom. The van der Waals surface area contributed by atoms with E-state index in [-0.39, 0.29) is 53.7 Å². The number of nitrogens with one attached hydrogen (secondary N) is 2. The average molecular weight is 969 g/mol. The summed E-state index contributed by atoms with van der Waals surface area (Å²) in [5.74, 6) is 1.81. The minimum absolute atomic E-state index is 0.0249. The number of primary amides is 1. The van der Waals surface area contributed by atoms with Gasteiger partial charge >= 0.3 is 0 Å². The number of hydrogen-bond donors (Lipinski definition) is 3. The Hall–Kier alpha value is -6.65. The van der Waals surface area contributed by atoms with Gasteiger partial charge in [-0.3, -0.25) is 29.1 Å². The van der Waals surface area contributed by atoms with Gasteiger partial charge in [0.25, 0.3) is 11.8 Å². The third-order valence-corrected chi connectivity index (χ3v) is 16.2. The number of carbonyl (C=O) groups is 4. The number of anilines is 4. The molecule has 0 unspecified atom stereocenters. The van der Waals surface area contributed by atoms with Gasteiger partial charge in [-0.1, -0.05) is 58.0 Å². The highest BCUT2D eigenvalue weighted by molar-refractivity contribution is 8.77. The molecule has 0 aromatic heterocycles. The number of aliphatic imine (C=N–C) groups is 1. The van der Waals surface area contributed by atoms with Crippen molar-refractivity contribution in [3.05, 3.63) is 124 Å². The van der Waals surface area contributed by atoms with Crippen LogP contribution < -0.4 is 45.1 Å². The van der Waals surface area contributed by atoms with Crippen molar-refractivity contribution in [1.82, 2.24) is 0 Å². The molecule has 16 heteroatoms. The number of rotatable bonds is 19. The van der Waals surface area contributed by atoms with Gasteiger partial charge in [-0.2, -0.15) is 0 Å². The second kappa shape index (κ2) is 20.5. The number of ether oxygens (including phenoxy) is 4. The van der Waals surface area contributed by atoms with E-state index in [2.05, 4.69) is 30.5 Å². The van der Waals surface area contributed by atoms with Gasteiger partial charge in [0.1, 0.15) is 13.2 Å². The fourth-order valence-corrected chi connectivity index (χ4v) is 12.1. The van der Waals surface area contributed by atoms with Gasteiger partial charge in [-0.25, -0.2) is 0 Å². The van der Waals surface area contributed by atoms with E-state index in [1.54, 1.807) is 51.8 Å². The maximum absolute atomic E-state index is 14.1. The summed E-state index contributed by atoms with van der Waals surface area (Å²) in [4.78, 5) is 61.2. The number of fused-ring (bicyclic) bond motifs is 8. The average Bonchev–Trinajstić information content (AvgIpc) is 3.83. The molecule has 0 radical (unpaired) electrons. The first-order chi connectivity index (χ1) is 33.4. The third kappa shape index (κ3) is 10.5. The summed E-state index contributed by atoms with van der Waals surface area (Å²) in [7, 11) is 6.57.